The number of carbonyl (C=O) groups is 2. The summed E-state index contributed by atoms with van der Waals surface area (Å²) in [7, 11) is 0. The molecule has 2 aliphatic heterocycles. The molecule has 0 aliphatic carbocycles. The molecule has 1 fully saturated rings. The highest BCUT2D eigenvalue weighted by Crippen LogP contribution is 2.35. The van der Waals surface area contributed by atoms with Crippen LogP contribution in [0.15, 0.2) is 65.1 Å². The van der Waals surface area contributed by atoms with Crippen LogP contribution in [0.4, 0.5) is 10.1 Å². The second-order valence-corrected chi connectivity index (χ2v) is 7.60. The molecule has 0 saturated carbocycles. The summed E-state index contributed by atoms with van der Waals surface area (Å²) in [5.41, 5.74) is 1.23. The van der Waals surface area contributed by atoms with Crippen LogP contribution in [0.3, 0.4) is 0 Å². The second-order valence-electron chi connectivity index (χ2n) is 7.60. The molecule has 0 N–H and O–H groups in total. The lowest BCUT2D eigenvalue weighted by molar-refractivity contribution is -0.142. The predicted octanol–water partition coefficient (Wildman–Crippen LogP) is 3.35. The van der Waals surface area contributed by atoms with E-state index in [4.69, 9.17) is 13.9 Å². The summed E-state index contributed by atoms with van der Waals surface area (Å²) in [6.07, 6.45) is -0.821. The van der Waals surface area contributed by atoms with E-state index in [9.17, 15) is 14.0 Å². The van der Waals surface area contributed by atoms with Crippen LogP contribution in [0.2, 0.25) is 0 Å². The number of rotatable bonds is 3. The van der Waals surface area contributed by atoms with Crippen LogP contribution < -0.4 is 9.64 Å². The first kappa shape index (κ1) is 20.3. The van der Waals surface area contributed by atoms with Crippen molar-refractivity contribution in [1.29, 1.82) is 0 Å². The minimum Gasteiger partial charge on any atom is -0.476 e. The summed E-state index contributed by atoms with van der Waals surface area (Å²) in [6.45, 7) is 2.02. The van der Waals surface area contributed by atoms with E-state index < -0.39 is 6.10 Å². The maximum atomic E-state index is 13.4. The van der Waals surface area contributed by atoms with E-state index >= 15 is 0 Å². The summed E-state index contributed by atoms with van der Waals surface area (Å²) in [5.74, 6) is 0.136. The van der Waals surface area contributed by atoms with Gasteiger partial charge in [-0.2, -0.15) is 0 Å². The molecule has 164 valence electrons. The van der Waals surface area contributed by atoms with Gasteiger partial charge in [0, 0.05) is 18.7 Å². The maximum absolute atomic E-state index is 13.4. The number of carbonyl (C=O) groups excluding carboxylic acids is 2. The molecule has 7 nitrogen and oxygen atoms in total. The molecule has 0 radical (unpaired) electrons. The van der Waals surface area contributed by atoms with Crippen molar-refractivity contribution in [2.24, 2.45) is 0 Å². The first-order valence-corrected chi connectivity index (χ1v) is 10.4. The predicted molar refractivity (Wildman–Crippen MR) is 114 cm³/mol. The van der Waals surface area contributed by atoms with Gasteiger partial charge in [0.1, 0.15) is 17.3 Å². The highest BCUT2D eigenvalue weighted by molar-refractivity contribution is 6.06. The van der Waals surface area contributed by atoms with Crippen molar-refractivity contribution < 1.29 is 27.9 Å². The summed E-state index contributed by atoms with van der Waals surface area (Å²) in [6, 6.07) is 16.2. The van der Waals surface area contributed by atoms with Gasteiger partial charge in [-0.15, -0.1) is 0 Å². The molecule has 0 unspecified atom stereocenters. The Morgan fingerprint density at radius 2 is 1.69 bits per heavy atom. The SMILES string of the molecule is O=C([C@H]1CN(C(=O)c2ccc(-c3ccc(F)cc3)o2)c2ccccc2O1)N1CCOCC1. The van der Waals surface area contributed by atoms with Crippen LogP contribution in [0.5, 0.6) is 5.75 Å². The van der Waals surface area contributed by atoms with E-state index in [0.717, 1.165) is 0 Å². The topological polar surface area (TPSA) is 72.2 Å². The van der Waals surface area contributed by atoms with Gasteiger partial charge < -0.3 is 18.8 Å². The monoisotopic (exact) mass is 436 g/mol. The molecule has 2 aliphatic rings. The number of amides is 2. The number of anilines is 1. The lowest BCUT2D eigenvalue weighted by Crippen LogP contribution is -2.54. The van der Waals surface area contributed by atoms with Gasteiger partial charge in [0.15, 0.2) is 11.9 Å². The van der Waals surface area contributed by atoms with Gasteiger partial charge in [0.05, 0.1) is 25.4 Å². The molecule has 2 amide bonds. The number of furan rings is 1. The summed E-state index contributed by atoms with van der Waals surface area (Å²) in [4.78, 5) is 29.6. The van der Waals surface area contributed by atoms with Crippen LogP contribution in [0, 0.1) is 5.82 Å². The number of fused-ring (bicyclic) bond motifs is 1. The van der Waals surface area contributed by atoms with Gasteiger partial charge in [0.25, 0.3) is 11.8 Å². The quantitative estimate of drug-likeness (QED) is 0.630. The molecule has 3 heterocycles. The van der Waals surface area contributed by atoms with Gasteiger partial charge in [-0.25, -0.2) is 4.39 Å². The number of ether oxygens (including phenoxy) is 2. The number of hydrogen-bond donors (Lipinski definition) is 0. The van der Waals surface area contributed by atoms with Gasteiger partial charge in [-0.1, -0.05) is 12.1 Å². The van der Waals surface area contributed by atoms with Crippen molar-refractivity contribution in [3.63, 3.8) is 0 Å². The maximum Gasteiger partial charge on any atom is 0.294 e. The number of nitrogens with zero attached hydrogens (tertiary/aromatic N) is 2. The number of halogens is 1. The van der Waals surface area contributed by atoms with Crippen molar-refractivity contribution in [2.45, 2.75) is 6.10 Å². The minimum atomic E-state index is -0.821. The molecule has 0 bridgehead atoms. The Morgan fingerprint density at radius 1 is 0.938 bits per heavy atom. The Morgan fingerprint density at radius 3 is 2.47 bits per heavy atom. The average molecular weight is 436 g/mol. The molecular weight excluding hydrogens is 415 g/mol. The smallest absolute Gasteiger partial charge is 0.294 e. The average Bonchev–Trinajstić information content (AvgIpc) is 3.34. The molecule has 1 saturated heterocycles. The lowest BCUT2D eigenvalue weighted by atomic mass is 10.1. The Balaban J connectivity index is 1.42. The normalized spacial score (nSPS) is 18.1. The van der Waals surface area contributed by atoms with Crippen molar-refractivity contribution in [1.82, 2.24) is 4.90 Å². The van der Waals surface area contributed by atoms with Crippen LogP contribution in [-0.4, -0.2) is 55.7 Å². The Kier molecular flexibility index (Phi) is 5.36. The van der Waals surface area contributed by atoms with E-state index in [1.165, 1.54) is 17.0 Å². The fraction of sp³-hybridized carbons (Fsp3) is 0.250. The second kappa shape index (κ2) is 8.47. The fourth-order valence-electron chi connectivity index (χ4n) is 3.90. The molecule has 32 heavy (non-hydrogen) atoms. The Labute approximate surface area is 183 Å². The van der Waals surface area contributed by atoms with E-state index in [-0.39, 0.29) is 29.9 Å². The molecule has 3 aromatic rings. The van der Waals surface area contributed by atoms with E-state index in [1.54, 1.807) is 53.4 Å². The molecule has 5 rings (SSSR count). The summed E-state index contributed by atoms with van der Waals surface area (Å²) in [5, 5.41) is 0. The van der Waals surface area contributed by atoms with Crippen molar-refractivity contribution in [2.75, 3.05) is 37.7 Å². The number of hydrogen-bond acceptors (Lipinski definition) is 5. The molecule has 8 heteroatoms. The minimum absolute atomic E-state index is 0.0681. The molecule has 2 aromatic carbocycles. The zero-order chi connectivity index (χ0) is 22.1. The third-order valence-corrected chi connectivity index (χ3v) is 5.56. The summed E-state index contributed by atoms with van der Waals surface area (Å²) >= 11 is 0. The van der Waals surface area contributed by atoms with Crippen molar-refractivity contribution in [3.05, 3.63) is 72.2 Å². The highest BCUT2D eigenvalue weighted by Gasteiger charge is 2.37. The van der Waals surface area contributed by atoms with Gasteiger partial charge in [0.2, 0.25) is 0 Å². The number of para-hydroxylation sites is 2. The third kappa shape index (κ3) is 3.85. The van der Waals surface area contributed by atoms with Crippen molar-refractivity contribution >= 4 is 17.5 Å². The van der Waals surface area contributed by atoms with E-state index in [2.05, 4.69) is 0 Å². The van der Waals surface area contributed by atoms with Gasteiger partial charge in [-0.05, 0) is 48.5 Å². The fourth-order valence-corrected chi connectivity index (χ4v) is 3.90. The number of benzene rings is 2. The highest BCUT2D eigenvalue weighted by atomic mass is 19.1. The Hall–Kier alpha value is -3.65. The molecule has 1 aromatic heterocycles. The first-order chi connectivity index (χ1) is 15.6. The van der Waals surface area contributed by atoms with E-state index in [1.807, 2.05) is 0 Å². The van der Waals surface area contributed by atoms with E-state index in [0.29, 0.717) is 49.1 Å². The Bertz CT molecular complexity index is 1140. The zero-order valence-corrected chi connectivity index (χ0v) is 17.2. The first-order valence-electron chi connectivity index (χ1n) is 10.4. The summed E-state index contributed by atoms with van der Waals surface area (Å²) < 4.78 is 30.3. The van der Waals surface area contributed by atoms with Crippen LogP contribution in [0.1, 0.15) is 10.6 Å². The zero-order valence-electron chi connectivity index (χ0n) is 17.2. The van der Waals surface area contributed by atoms with Gasteiger partial charge in [-0.3, -0.25) is 14.5 Å². The molecule has 1 atom stereocenters. The van der Waals surface area contributed by atoms with Gasteiger partial charge >= 0.3 is 0 Å². The largest absolute Gasteiger partial charge is 0.476 e. The van der Waals surface area contributed by atoms with Crippen LogP contribution >= 0.6 is 0 Å². The molecule has 0 spiro atoms. The van der Waals surface area contributed by atoms with Crippen LogP contribution in [0.25, 0.3) is 11.3 Å². The number of morpholine rings is 1. The lowest BCUT2D eigenvalue weighted by Gasteiger charge is -2.37. The third-order valence-electron chi connectivity index (χ3n) is 5.56. The van der Waals surface area contributed by atoms with Crippen molar-refractivity contribution in [3.8, 4) is 17.1 Å². The standard InChI is InChI=1S/C24H21FN2O5/c25-17-7-5-16(6-8-17)19-9-10-21(31-19)24(29)27-15-22(23(28)26-11-13-30-14-12-26)32-20-4-2-1-3-18(20)27/h1-10,22H,11-15H2/t22-/m1/s1. The van der Waals surface area contributed by atoms with Crippen LogP contribution in [-0.2, 0) is 9.53 Å². The molecular formula is C24H21FN2O5.